The molecule has 3 N–H and O–H groups in total. The van der Waals surface area contributed by atoms with E-state index in [1.807, 2.05) is 0 Å². The molecule has 5 heterocycles. The minimum absolute atomic E-state index is 0.0320. The lowest BCUT2D eigenvalue weighted by atomic mass is 9.66. The molecule has 3 atom stereocenters. The van der Waals surface area contributed by atoms with Crippen molar-refractivity contribution in [1.82, 2.24) is 25.6 Å². The molecule has 1 aromatic carbocycles. The zero-order chi connectivity index (χ0) is 26.2. The number of morpholine rings is 1. The Bertz CT molecular complexity index is 1490. The van der Waals surface area contributed by atoms with Crippen molar-refractivity contribution in [2.45, 2.75) is 38.5 Å². The van der Waals surface area contributed by atoms with Crippen LogP contribution in [0, 0.1) is 11.2 Å². The fourth-order valence-corrected chi connectivity index (χ4v) is 5.68. The van der Waals surface area contributed by atoms with Crippen LogP contribution in [-0.4, -0.2) is 68.8 Å². The fourth-order valence-electron chi connectivity index (χ4n) is 5.68. The predicted molar refractivity (Wildman–Crippen MR) is 119 cm³/mol. The van der Waals surface area contributed by atoms with E-state index >= 15 is 4.39 Å². The Balaban J connectivity index is 1.54. The number of benzene rings is 1. The highest BCUT2D eigenvalue weighted by Crippen LogP contribution is 2.49. The number of nitrogens with one attached hydrogen (secondary N) is 2. The Kier molecular flexibility index (Phi) is 4.79. The van der Waals surface area contributed by atoms with Crippen LogP contribution in [0.2, 0.25) is 0 Å². The first-order chi connectivity index (χ1) is 17.6. The molecule has 14 nitrogen and oxygen atoms in total. The number of carbonyl (C=O) groups is 4. The van der Waals surface area contributed by atoms with Gasteiger partial charge in [0.2, 0.25) is 23.2 Å². The van der Waals surface area contributed by atoms with Gasteiger partial charge >= 0.3 is 12.2 Å². The fraction of sp³-hybridized carbons (Fsp3) is 0.364. The first-order valence-corrected chi connectivity index (χ1v) is 11.3. The number of ether oxygens (including phenoxy) is 2. The summed E-state index contributed by atoms with van der Waals surface area (Å²) in [6.07, 6.45) is -0.449. The molecule has 37 heavy (non-hydrogen) atoms. The summed E-state index contributed by atoms with van der Waals surface area (Å²) in [6.45, 7) is 3.64. The molecule has 0 bridgehead atoms. The van der Waals surface area contributed by atoms with Crippen LogP contribution in [0.25, 0.3) is 16.8 Å². The average molecular weight is 514 g/mol. The Labute approximate surface area is 206 Å². The zero-order valence-electron chi connectivity index (χ0n) is 19.4. The summed E-state index contributed by atoms with van der Waals surface area (Å²) in [5.41, 5.74) is -1.53. The van der Waals surface area contributed by atoms with Crippen molar-refractivity contribution in [1.29, 1.82) is 0 Å². The maximum Gasteiger partial charge on any atom is 0.511 e. The molecule has 192 valence electrons. The molecule has 3 aliphatic heterocycles. The second-order valence-corrected chi connectivity index (χ2v) is 9.20. The summed E-state index contributed by atoms with van der Waals surface area (Å²) in [4.78, 5) is 50.9. The summed E-state index contributed by atoms with van der Waals surface area (Å²) >= 11 is 0. The number of halogens is 1. The van der Waals surface area contributed by atoms with Crippen LogP contribution in [0.15, 0.2) is 23.0 Å². The molecule has 2 saturated heterocycles. The van der Waals surface area contributed by atoms with Gasteiger partial charge in [0.25, 0.3) is 0 Å². The monoisotopic (exact) mass is 514 g/mol. The molecule has 1 spiro atoms. The number of nitrogens with zero attached hydrogens (tertiary/aromatic N) is 4. The van der Waals surface area contributed by atoms with E-state index in [1.165, 1.54) is 6.20 Å². The smallest absolute Gasteiger partial charge is 0.449 e. The number of urea groups is 1. The van der Waals surface area contributed by atoms with Crippen LogP contribution in [0.5, 0.6) is 5.75 Å². The second kappa shape index (κ2) is 7.73. The van der Waals surface area contributed by atoms with Crippen molar-refractivity contribution < 1.29 is 42.7 Å². The molecule has 0 radical (unpaired) electrons. The Hall–Kier alpha value is -4.53. The van der Waals surface area contributed by atoms with Gasteiger partial charge in [0.1, 0.15) is 0 Å². The lowest BCUT2D eigenvalue weighted by Gasteiger charge is -2.55. The number of hydrogen-bond acceptors (Lipinski definition) is 10. The number of aromatic nitrogens is 3. The summed E-state index contributed by atoms with van der Waals surface area (Å²) in [5.74, 6) is -2.43. The third-order valence-electron chi connectivity index (χ3n) is 6.93. The molecular formula is C22H19FN6O8. The van der Waals surface area contributed by atoms with Gasteiger partial charge in [-0.2, -0.15) is 5.10 Å². The van der Waals surface area contributed by atoms with Crippen molar-refractivity contribution in [3.63, 3.8) is 0 Å². The SMILES string of the molecule is C[C@@H]1CN2c3c(cc4c(-n5cc(OC(=O)O)cn5)noc4c3F)CC3(C(=O)NC(=O)NC3=O)[C@H]2[C@H](C)O1. The summed E-state index contributed by atoms with van der Waals surface area (Å²) in [7, 11) is 0. The van der Waals surface area contributed by atoms with Gasteiger partial charge in [-0.05, 0) is 25.5 Å². The van der Waals surface area contributed by atoms with Gasteiger partial charge in [0, 0.05) is 13.0 Å². The van der Waals surface area contributed by atoms with Gasteiger partial charge in [-0.15, -0.1) is 0 Å². The number of fused-ring (bicyclic) bond motifs is 5. The predicted octanol–water partition coefficient (Wildman–Crippen LogP) is 1.10. The van der Waals surface area contributed by atoms with E-state index < -0.39 is 47.4 Å². The van der Waals surface area contributed by atoms with Crippen LogP contribution in [0.4, 0.5) is 19.7 Å². The van der Waals surface area contributed by atoms with E-state index in [4.69, 9.17) is 14.4 Å². The van der Waals surface area contributed by atoms with Crippen molar-refractivity contribution in [2.24, 2.45) is 5.41 Å². The van der Waals surface area contributed by atoms with Gasteiger partial charge in [0.05, 0.1) is 41.7 Å². The molecule has 3 aromatic rings. The minimum atomic E-state index is -1.79. The number of barbiturate groups is 1. The van der Waals surface area contributed by atoms with Crippen molar-refractivity contribution in [3.05, 3.63) is 29.8 Å². The van der Waals surface area contributed by atoms with Crippen molar-refractivity contribution in [3.8, 4) is 11.6 Å². The van der Waals surface area contributed by atoms with Gasteiger partial charge < -0.3 is 24.0 Å². The van der Waals surface area contributed by atoms with Gasteiger partial charge in [-0.25, -0.2) is 18.7 Å². The topological polar surface area (TPSA) is 178 Å². The third-order valence-corrected chi connectivity index (χ3v) is 6.93. The van der Waals surface area contributed by atoms with Gasteiger partial charge in [-0.1, -0.05) is 5.16 Å². The van der Waals surface area contributed by atoms with Gasteiger partial charge in [-0.3, -0.25) is 20.2 Å². The van der Waals surface area contributed by atoms with Crippen molar-refractivity contribution in [2.75, 3.05) is 11.4 Å². The van der Waals surface area contributed by atoms with E-state index in [1.54, 1.807) is 24.8 Å². The van der Waals surface area contributed by atoms with E-state index in [9.17, 15) is 19.2 Å². The van der Waals surface area contributed by atoms with Crippen LogP contribution in [-0.2, 0) is 20.7 Å². The molecule has 0 saturated carbocycles. The highest BCUT2D eigenvalue weighted by molar-refractivity contribution is 6.20. The molecule has 3 aliphatic rings. The van der Waals surface area contributed by atoms with E-state index in [2.05, 4.69) is 25.6 Å². The normalized spacial score (nSPS) is 24.5. The summed E-state index contributed by atoms with van der Waals surface area (Å²) in [6, 6.07) is -0.309. The lowest BCUT2D eigenvalue weighted by molar-refractivity contribution is -0.153. The largest absolute Gasteiger partial charge is 0.511 e. The lowest BCUT2D eigenvalue weighted by Crippen LogP contribution is -2.75. The number of anilines is 1. The highest BCUT2D eigenvalue weighted by Gasteiger charge is 2.63. The number of imide groups is 2. The van der Waals surface area contributed by atoms with Gasteiger partial charge in [0.15, 0.2) is 17.0 Å². The second-order valence-electron chi connectivity index (χ2n) is 9.20. The van der Waals surface area contributed by atoms with Crippen LogP contribution >= 0.6 is 0 Å². The number of hydrogen-bond donors (Lipinski definition) is 3. The standard InChI is InChI=1S/C22H19FN6O8/c1-8-6-28-14-10(4-22(16(28)9(2)35-8)18(30)25-20(32)26-19(22)31)3-12-15(13(14)23)37-27-17(12)29-7-11(5-24-29)36-21(33)34/h3,5,7-9,16H,4,6H2,1-2H3,(H,33,34)(H2,25,26,30,31,32)/t8-,9+,16-/m1/s1. The van der Waals surface area contributed by atoms with Crippen LogP contribution in [0.1, 0.15) is 19.4 Å². The minimum Gasteiger partial charge on any atom is -0.449 e. The molecule has 15 heteroatoms. The van der Waals surface area contributed by atoms with Crippen LogP contribution in [0.3, 0.4) is 0 Å². The van der Waals surface area contributed by atoms with Crippen LogP contribution < -0.4 is 20.3 Å². The molecule has 6 rings (SSSR count). The molecule has 4 amide bonds. The Morgan fingerprint density at radius 1 is 1.27 bits per heavy atom. The Morgan fingerprint density at radius 2 is 2.00 bits per heavy atom. The molecule has 0 aliphatic carbocycles. The quantitative estimate of drug-likeness (QED) is 0.329. The maximum absolute atomic E-state index is 16.1. The van der Waals surface area contributed by atoms with E-state index in [0.717, 1.165) is 10.9 Å². The first kappa shape index (κ1) is 22.9. The number of rotatable bonds is 2. The number of amides is 4. The first-order valence-electron chi connectivity index (χ1n) is 11.3. The number of carboxylic acid groups (broad SMARTS) is 1. The summed E-state index contributed by atoms with van der Waals surface area (Å²) in [5, 5.41) is 21.2. The third kappa shape index (κ3) is 3.20. The molecule has 2 aromatic heterocycles. The molecule has 2 fully saturated rings. The van der Waals surface area contributed by atoms with Crippen molar-refractivity contribution >= 4 is 40.7 Å². The maximum atomic E-state index is 16.1. The number of carbonyl (C=O) groups excluding carboxylic acids is 3. The molecule has 0 unspecified atom stereocenters. The average Bonchev–Trinajstić information content (AvgIpc) is 3.43. The Morgan fingerprint density at radius 3 is 2.70 bits per heavy atom. The van der Waals surface area contributed by atoms with E-state index in [0.29, 0.717) is 5.56 Å². The zero-order valence-corrected chi connectivity index (χ0v) is 19.4. The molecular weight excluding hydrogens is 495 g/mol. The highest BCUT2D eigenvalue weighted by atomic mass is 19.1. The van der Waals surface area contributed by atoms with E-state index in [-0.39, 0.29) is 47.3 Å². The summed E-state index contributed by atoms with van der Waals surface area (Å²) < 4.78 is 33.1.